The van der Waals surface area contributed by atoms with E-state index < -0.39 is 11.8 Å². The Hall–Kier alpha value is -3.77. The summed E-state index contributed by atoms with van der Waals surface area (Å²) < 4.78 is 21.9. The molecule has 1 atom stereocenters. The van der Waals surface area contributed by atoms with Gasteiger partial charge < -0.3 is 24.1 Å². The van der Waals surface area contributed by atoms with Crippen LogP contribution >= 0.6 is 0 Å². The molecule has 3 aromatic carbocycles. The number of fused-ring (bicyclic) bond motifs is 1. The Labute approximate surface area is 204 Å². The van der Waals surface area contributed by atoms with Crippen LogP contribution in [0.5, 0.6) is 17.2 Å². The summed E-state index contributed by atoms with van der Waals surface area (Å²) >= 11 is 0. The summed E-state index contributed by atoms with van der Waals surface area (Å²) in [6.45, 7) is 6.61. The fourth-order valence-electron chi connectivity index (χ4n) is 4.47. The minimum Gasteiger partial charge on any atom is -0.497 e. The second kappa shape index (κ2) is 8.47. The first-order valence-corrected chi connectivity index (χ1v) is 11.5. The van der Waals surface area contributed by atoms with Crippen molar-refractivity contribution in [2.75, 3.05) is 13.9 Å². The molecule has 1 N–H and O–H groups in total. The van der Waals surface area contributed by atoms with Crippen molar-refractivity contribution in [2.24, 2.45) is 0 Å². The lowest BCUT2D eigenvalue weighted by molar-refractivity contribution is -0.185. The molecule has 35 heavy (non-hydrogen) atoms. The second-order valence-electron chi connectivity index (χ2n) is 9.81. The molecular formula is C29H28O6. The number of carbonyl (C=O) groups is 1. The van der Waals surface area contributed by atoms with Crippen molar-refractivity contribution in [1.29, 1.82) is 0 Å². The zero-order valence-corrected chi connectivity index (χ0v) is 20.3. The number of esters is 1. The van der Waals surface area contributed by atoms with Crippen LogP contribution in [-0.2, 0) is 27.2 Å². The Balaban J connectivity index is 1.63. The lowest BCUT2D eigenvalue weighted by Crippen LogP contribution is -2.29. The minimum atomic E-state index is -1.92. The van der Waals surface area contributed by atoms with Crippen molar-refractivity contribution in [3.8, 4) is 17.2 Å². The molecule has 0 amide bonds. The summed E-state index contributed by atoms with van der Waals surface area (Å²) in [7, 11) is 1.57. The van der Waals surface area contributed by atoms with Gasteiger partial charge in [0.15, 0.2) is 11.5 Å². The zero-order valence-electron chi connectivity index (χ0n) is 20.3. The quantitative estimate of drug-likeness (QED) is 0.520. The van der Waals surface area contributed by atoms with Crippen LogP contribution in [0.25, 0.3) is 5.57 Å². The molecule has 2 aliphatic rings. The van der Waals surface area contributed by atoms with Crippen molar-refractivity contribution < 1.29 is 28.8 Å². The molecule has 0 radical (unpaired) electrons. The number of benzene rings is 3. The molecule has 0 aromatic heterocycles. The highest BCUT2D eigenvalue weighted by Crippen LogP contribution is 2.46. The highest BCUT2D eigenvalue weighted by molar-refractivity contribution is 6.20. The predicted octanol–water partition coefficient (Wildman–Crippen LogP) is 5.12. The van der Waals surface area contributed by atoms with Crippen LogP contribution in [0.3, 0.4) is 0 Å². The van der Waals surface area contributed by atoms with E-state index in [0.717, 1.165) is 5.56 Å². The number of hydrogen-bond donors (Lipinski definition) is 1. The van der Waals surface area contributed by atoms with E-state index in [-0.39, 0.29) is 12.2 Å². The third kappa shape index (κ3) is 4.15. The van der Waals surface area contributed by atoms with Crippen LogP contribution in [0.1, 0.15) is 43.0 Å². The van der Waals surface area contributed by atoms with Gasteiger partial charge in [-0.1, -0.05) is 51.1 Å². The van der Waals surface area contributed by atoms with Gasteiger partial charge in [0.05, 0.1) is 12.7 Å². The van der Waals surface area contributed by atoms with Gasteiger partial charge >= 0.3 is 5.97 Å². The molecule has 0 saturated carbocycles. The van der Waals surface area contributed by atoms with Crippen LogP contribution in [0.15, 0.2) is 72.3 Å². The van der Waals surface area contributed by atoms with Crippen LogP contribution < -0.4 is 14.2 Å². The Morgan fingerprint density at radius 3 is 2.29 bits per heavy atom. The van der Waals surface area contributed by atoms with Crippen LogP contribution in [0.2, 0.25) is 0 Å². The molecule has 6 nitrogen and oxygen atoms in total. The molecular weight excluding hydrogens is 444 g/mol. The van der Waals surface area contributed by atoms with Crippen LogP contribution in [0, 0.1) is 0 Å². The summed E-state index contributed by atoms with van der Waals surface area (Å²) in [5.41, 5.74) is 4.02. The number of carbonyl (C=O) groups excluding carboxylic acids is 1. The smallest absolute Gasteiger partial charge is 0.342 e. The standard InChI is InChI=1S/C29H28O6/c1-28(2,3)20-8-5-18(6-9-20)15-23-26(19-7-14-24-25(16-19)34-17-33-24)27(30)35-29(23,31)21-10-12-22(32-4)13-11-21/h5-14,16,31H,15,17H2,1-4H3. The molecule has 2 heterocycles. The van der Waals surface area contributed by atoms with E-state index in [4.69, 9.17) is 18.9 Å². The Morgan fingerprint density at radius 1 is 0.943 bits per heavy atom. The molecule has 2 aliphatic heterocycles. The number of methoxy groups -OCH3 is 1. The number of ether oxygens (including phenoxy) is 4. The summed E-state index contributed by atoms with van der Waals surface area (Å²) in [6.07, 6.45) is 0.322. The maximum atomic E-state index is 13.2. The van der Waals surface area contributed by atoms with E-state index in [9.17, 15) is 9.90 Å². The number of aliphatic hydroxyl groups is 1. The second-order valence-corrected chi connectivity index (χ2v) is 9.81. The maximum absolute atomic E-state index is 13.2. The van der Waals surface area contributed by atoms with Gasteiger partial charge in [-0.3, -0.25) is 0 Å². The monoisotopic (exact) mass is 472 g/mol. The molecule has 0 aliphatic carbocycles. The summed E-state index contributed by atoms with van der Waals surface area (Å²) in [5, 5.41) is 11.8. The normalized spacial score (nSPS) is 19.2. The topological polar surface area (TPSA) is 74.2 Å². The molecule has 6 heteroatoms. The third-order valence-electron chi connectivity index (χ3n) is 6.50. The number of cyclic esters (lactones) is 1. The van der Waals surface area contributed by atoms with Gasteiger partial charge in [-0.2, -0.15) is 0 Å². The maximum Gasteiger partial charge on any atom is 0.342 e. The van der Waals surface area contributed by atoms with E-state index >= 15 is 0 Å². The SMILES string of the molecule is COc1ccc(C2(O)OC(=O)C(c3ccc4c(c3)OCO4)=C2Cc2ccc(C(C)(C)C)cc2)cc1. The molecule has 5 rings (SSSR count). The van der Waals surface area contributed by atoms with Crippen molar-refractivity contribution in [3.63, 3.8) is 0 Å². The Bertz CT molecular complexity index is 1300. The lowest BCUT2D eigenvalue weighted by atomic mass is 9.84. The molecule has 180 valence electrons. The number of hydrogen-bond acceptors (Lipinski definition) is 6. The first kappa shape index (κ1) is 23.0. The van der Waals surface area contributed by atoms with E-state index in [2.05, 4.69) is 32.9 Å². The van der Waals surface area contributed by atoms with Crippen molar-refractivity contribution in [1.82, 2.24) is 0 Å². The van der Waals surface area contributed by atoms with E-state index in [0.29, 0.717) is 45.9 Å². The summed E-state index contributed by atoms with van der Waals surface area (Å²) in [6, 6.07) is 20.4. The Kier molecular flexibility index (Phi) is 5.56. The van der Waals surface area contributed by atoms with Crippen molar-refractivity contribution in [3.05, 3.63) is 94.6 Å². The van der Waals surface area contributed by atoms with E-state index in [1.165, 1.54) is 5.56 Å². The minimum absolute atomic E-state index is 0.0196. The first-order valence-electron chi connectivity index (χ1n) is 11.5. The van der Waals surface area contributed by atoms with Crippen LogP contribution in [0.4, 0.5) is 0 Å². The average Bonchev–Trinajstić information content (AvgIpc) is 3.40. The van der Waals surface area contributed by atoms with Crippen molar-refractivity contribution >= 4 is 11.5 Å². The summed E-state index contributed by atoms with van der Waals surface area (Å²) in [4.78, 5) is 13.2. The first-order chi connectivity index (χ1) is 16.7. The van der Waals surface area contributed by atoms with Crippen LogP contribution in [-0.4, -0.2) is 25.0 Å². The van der Waals surface area contributed by atoms with Gasteiger partial charge in [-0.05, 0) is 58.5 Å². The Morgan fingerprint density at radius 2 is 1.63 bits per heavy atom. The number of rotatable bonds is 5. The largest absolute Gasteiger partial charge is 0.497 e. The predicted molar refractivity (Wildman–Crippen MR) is 131 cm³/mol. The molecule has 0 spiro atoms. The van der Waals surface area contributed by atoms with E-state index in [1.54, 1.807) is 49.6 Å². The summed E-state index contributed by atoms with van der Waals surface area (Å²) in [5.74, 6) is -0.705. The average molecular weight is 473 g/mol. The molecule has 0 fully saturated rings. The van der Waals surface area contributed by atoms with Gasteiger partial charge in [0, 0.05) is 17.6 Å². The van der Waals surface area contributed by atoms with Gasteiger partial charge in [0.2, 0.25) is 6.79 Å². The van der Waals surface area contributed by atoms with Gasteiger partial charge in [-0.15, -0.1) is 0 Å². The highest BCUT2D eigenvalue weighted by atomic mass is 16.7. The van der Waals surface area contributed by atoms with Gasteiger partial charge in [-0.25, -0.2) is 4.79 Å². The molecule has 3 aromatic rings. The van der Waals surface area contributed by atoms with Crippen molar-refractivity contribution in [2.45, 2.75) is 38.4 Å². The lowest BCUT2D eigenvalue weighted by Gasteiger charge is -2.26. The fraction of sp³-hybridized carbons (Fsp3) is 0.276. The highest BCUT2D eigenvalue weighted by Gasteiger charge is 2.48. The third-order valence-corrected chi connectivity index (χ3v) is 6.50. The van der Waals surface area contributed by atoms with Gasteiger partial charge in [0.1, 0.15) is 5.75 Å². The molecule has 0 saturated heterocycles. The molecule has 1 unspecified atom stereocenters. The van der Waals surface area contributed by atoms with Gasteiger partial charge in [0.25, 0.3) is 5.79 Å². The van der Waals surface area contributed by atoms with E-state index in [1.807, 2.05) is 12.1 Å². The zero-order chi connectivity index (χ0) is 24.8. The molecule has 0 bridgehead atoms. The fourth-order valence-corrected chi connectivity index (χ4v) is 4.47.